The van der Waals surface area contributed by atoms with E-state index < -0.39 is 4.92 Å². The van der Waals surface area contributed by atoms with Crippen LogP contribution in [0.15, 0.2) is 42.5 Å². The standard InChI is InChI=1S/C22H27N3O3/c1-22(2,3)17-8-10-18(11-9-17)23-21(26)16-7-12-19(20(15-16)25(27)28)24-13-5-4-6-14-24/h7-12,15H,4-6,13-14H2,1-3H3,(H,23,26). The maximum absolute atomic E-state index is 12.6. The third-order valence-electron chi connectivity index (χ3n) is 5.14. The Hall–Kier alpha value is -2.89. The molecular formula is C22H27N3O3. The Morgan fingerprint density at radius 2 is 1.68 bits per heavy atom. The van der Waals surface area contributed by atoms with Crippen molar-refractivity contribution < 1.29 is 9.72 Å². The van der Waals surface area contributed by atoms with Crippen molar-refractivity contribution in [2.24, 2.45) is 0 Å². The second-order valence-corrected chi connectivity index (χ2v) is 8.29. The molecule has 0 atom stereocenters. The SMILES string of the molecule is CC(C)(C)c1ccc(NC(=O)c2ccc(N3CCCCC3)c([N+](=O)[O-])c2)cc1. The van der Waals surface area contributed by atoms with Gasteiger partial charge in [0.1, 0.15) is 5.69 Å². The maximum Gasteiger partial charge on any atom is 0.293 e. The average Bonchev–Trinajstić information content (AvgIpc) is 2.68. The molecule has 0 bridgehead atoms. The van der Waals surface area contributed by atoms with Crippen LogP contribution in [0.1, 0.15) is 56.0 Å². The van der Waals surface area contributed by atoms with Crippen molar-refractivity contribution in [1.29, 1.82) is 0 Å². The zero-order valence-electron chi connectivity index (χ0n) is 16.7. The lowest BCUT2D eigenvalue weighted by molar-refractivity contribution is -0.384. The molecule has 1 aliphatic heterocycles. The van der Waals surface area contributed by atoms with Crippen molar-refractivity contribution >= 4 is 23.0 Å². The highest BCUT2D eigenvalue weighted by atomic mass is 16.6. The fourth-order valence-electron chi connectivity index (χ4n) is 3.47. The molecule has 6 nitrogen and oxygen atoms in total. The van der Waals surface area contributed by atoms with Gasteiger partial charge < -0.3 is 10.2 Å². The van der Waals surface area contributed by atoms with Crippen LogP contribution in [-0.2, 0) is 5.41 Å². The second kappa shape index (κ2) is 8.00. The molecule has 0 saturated carbocycles. The van der Waals surface area contributed by atoms with Crippen LogP contribution < -0.4 is 10.2 Å². The van der Waals surface area contributed by atoms with Gasteiger partial charge in [0.05, 0.1) is 4.92 Å². The van der Waals surface area contributed by atoms with Crippen molar-refractivity contribution in [3.8, 4) is 0 Å². The van der Waals surface area contributed by atoms with Crippen LogP contribution in [0.25, 0.3) is 0 Å². The van der Waals surface area contributed by atoms with Crippen LogP contribution in [0.4, 0.5) is 17.1 Å². The molecule has 0 aliphatic carbocycles. The van der Waals surface area contributed by atoms with E-state index in [0.29, 0.717) is 11.4 Å². The van der Waals surface area contributed by atoms with E-state index in [1.54, 1.807) is 12.1 Å². The Balaban J connectivity index is 1.80. The molecule has 0 spiro atoms. The number of nitrogens with zero attached hydrogens (tertiary/aromatic N) is 2. The summed E-state index contributed by atoms with van der Waals surface area (Å²) in [4.78, 5) is 25.8. The van der Waals surface area contributed by atoms with Gasteiger partial charge >= 0.3 is 0 Å². The molecule has 28 heavy (non-hydrogen) atoms. The lowest BCUT2D eigenvalue weighted by atomic mass is 9.87. The molecule has 148 valence electrons. The topological polar surface area (TPSA) is 75.5 Å². The lowest BCUT2D eigenvalue weighted by Gasteiger charge is -2.28. The number of nitrogens with one attached hydrogen (secondary N) is 1. The highest BCUT2D eigenvalue weighted by Gasteiger charge is 2.23. The molecule has 6 heteroatoms. The predicted molar refractivity (Wildman–Crippen MR) is 112 cm³/mol. The van der Waals surface area contributed by atoms with Crippen LogP contribution in [0, 0.1) is 10.1 Å². The first-order valence-corrected chi connectivity index (χ1v) is 9.71. The number of hydrogen-bond acceptors (Lipinski definition) is 4. The minimum absolute atomic E-state index is 0.0161. The number of anilines is 2. The number of piperidine rings is 1. The molecule has 1 fully saturated rings. The Bertz CT molecular complexity index is 864. The summed E-state index contributed by atoms with van der Waals surface area (Å²) in [6, 6.07) is 12.4. The van der Waals surface area contributed by atoms with Crippen molar-refractivity contribution in [2.75, 3.05) is 23.3 Å². The van der Waals surface area contributed by atoms with Gasteiger partial charge in [-0.1, -0.05) is 32.9 Å². The van der Waals surface area contributed by atoms with Gasteiger partial charge in [-0.2, -0.15) is 0 Å². The van der Waals surface area contributed by atoms with Gasteiger partial charge in [0.25, 0.3) is 11.6 Å². The number of rotatable bonds is 4. The van der Waals surface area contributed by atoms with Gasteiger partial charge in [-0.3, -0.25) is 14.9 Å². The zero-order chi connectivity index (χ0) is 20.3. The average molecular weight is 381 g/mol. The predicted octanol–water partition coefficient (Wildman–Crippen LogP) is 5.13. The van der Waals surface area contributed by atoms with E-state index in [1.807, 2.05) is 29.2 Å². The fourth-order valence-corrected chi connectivity index (χ4v) is 3.47. The van der Waals surface area contributed by atoms with E-state index in [9.17, 15) is 14.9 Å². The molecule has 1 N–H and O–H groups in total. The summed E-state index contributed by atoms with van der Waals surface area (Å²) in [5, 5.41) is 14.4. The monoisotopic (exact) mass is 381 g/mol. The number of nitro benzene ring substituents is 1. The second-order valence-electron chi connectivity index (χ2n) is 8.29. The third kappa shape index (κ3) is 4.50. The quantitative estimate of drug-likeness (QED) is 0.588. The molecule has 0 aromatic heterocycles. The van der Waals surface area contributed by atoms with Crippen LogP contribution in [0.2, 0.25) is 0 Å². The van der Waals surface area contributed by atoms with E-state index in [2.05, 4.69) is 26.1 Å². The van der Waals surface area contributed by atoms with Gasteiger partial charge in [-0.05, 0) is 54.5 Å². The highest BCUT2D eigenvalue weighted by Crippen LogP contribution is 2.31. The molecule has 2 aromatic carbocycles. The molecule has 1 heterocycles. The zero-order valence-corrected chi connectivity index (χ0v) is 16.7. The summed E-state index contributed by atoms with van der Waals surface area (Å²) in [6.07, 6.45) is 3.21. The summed E-state index contributed by atoms with van der Waals surface area (Å²) >= 11 is 0. The summed E-state index contributed by atoms with van der Waals surface area (Å²) in [5.74, 6) is -0.350. The van der Waals surface area contributed by atoms with Crippen molar-refractivity contribution in [3.63, 3.8) is 0 Å². The van der Waals surface area contributed by atoms with E-state index >= 15 is 0 Å². The number of carbonyl (C=O) groups excluding carboxylic acids is 1. The Kier molecular flexibility index (Phi) is 5.68. The molecule has 1 amide bonds. The summed E-state index contributed by atoms with van der Waals surface area (Å²) in [7, 11) is 0. The van der Waals surface area contributed by atoms with E-state index in [1.165, 1.54) is 11.6 Å². The Morgan fingerprint density at radius 3 is 2.25 bits per heavy atom. The van der Waals surface area contributed by atoms with Crippen LogP contribution >= 0.6 is 0 Å². The minimum Gasteiger partial charge on any atom is -0.366 e. The lowest BCUT2D eigenvalue weighted by Crippen LogP contribution is -2.30. The summed E-state index contributed by atoms with van der Waals surface area (Å²) in [6.45, 7) is 8.01. The van der Waals surface area contributed by atoms with Gasteiger partial charge in [0.15, 0.2) is 0 Å². The molecular weight excluding hydrogens is 354 g/mol. The maximum atomic E-state index is 12.6. The third-order valence-corrected chi connectivity index (χ3v) is 5.14. The van der Waals surface area contributed by atoms with Crippen molar-refractivity contribution in [3.05, 3.63) is 63.7 Å². The fraction of sp³-hybridized carbons (Fsp3) is 0.409. The van der Waals surface area contributed by atoms with Gasteiger partial charge in [-0.15, -0.1) is 0 Å². The number of amides is 1. The first kappa shape index (κ1) is 19.9. The van der Waals surface area contributed by atoms with Crippen LogP contribution in [0.5, 0.6) is 0 Å². The smallest absolute Gasteiger partial charge is 0.293 e. The van der Waals surface area contributed by atoms with E-state index in [-0.39, 0.29) is 22.6 Å². The largest absolute Gasteiger partial charge is 0.366 e. The molecule has 3 rings (SSSR count). The molecule has 1 saturated heterocycles. The minimum atomic E-state index is -0.404. The number of nitro groups is 1. The highest BCUT2D eigenvalue weighted by molar-refractivity contribution is 6.05. The van der Waals surface area contributed by atoms with E-state index in [0.717, 1.165) is 32.4 Å². The first-order valence-electron chi connectivity index (χ1n) is 9.71. The van der Waals surface area contributed by atoms with E-state index in [4.69, 9.17) is 0 Å². The van der Waals surface area contributed by atoms with Gasteiger partial charge in [-0.25, -0.2) is 0 Å². The van der Waals surface area contributed by atoms with Crippen molar-refractivity contribution in [1.82, 2.24) is 0 Å². The number of carbonyl (C=O) groups is 1. The van der Waals surface area contributed by atoms with Crippen molar-refractivity contribution in [2.45, 2.75) is 45.4 Å². The van der Waals surface area contributed by atoms with Crippen LogP contribution in [-0.4, -0.2) is 23.9 Å². The number of benzene rings is 2. The summed E-state index contributed by atoms with van der Waals surface area (Å²) in [5.41, 5.74) is 2.74. The normalized spacial score (nSPS) is 14.6. The number of hydrogen-bond donors (Lipinski definition) is 1. The first-order chi connectivity index (χ1) is 13.3. The Morgan fingerprint density at radius 1 is 1.04 bits per heavy atom. The van der Waals surface area contributed by atoms with Crippen LogP contribution in [0.3, 0.4) is 0 Å². The van der Waals surface area contributed by atoms with Gasteiger partial charge in [0.2, 0.25) is 0 Å². The Labute approximate surface area is 165 Å². The molecule has 2 aromatic rings. The van der Waals surface area contributed by atoms with Gasteiger partial charge in [0, 0.05) is 30.4 Å². The summed E-state index contributed by atoms with van der Waals surface area (Å²) < 4.78 is 0. The molecule has 1 aliphatic rings. The molecule has 0 unspecified atom stereocenters. The molecule has 0 radical (unpaired) electrons.